The van der Waals surface area contributed by atoms with Gasteiger partial charge in [0.1, 0.15) is 12.4 Å². The predicted octanol–water partition coefficient (Wildman–Crippen LogP) is 3.80. The van der Waals surface area contributed by atoms with Crippen LogP contribution in [0.25, 0.3) is 0 Å². The van der Waals surface area contributed by atoms with Crippen molar-refractivity contribution in [3.8, 4) is 17.7 Å². The molecule has 1 saturated carbocycles. The Morgan fingerprint density at radius 3 is 2.69 bits per heavy atom. The van der Waals surface area contributed by atoms with E-state index in [9.17, 15) is 4.79 Å². The minimum absolute atomic E-state index is 0.0440. The molecule has 0 radical (unpaired) electrons. The van der Waals surface area contributed by atoms with Crippen molar-refractivity contribution in [3.63, 3.8) is 0 Å². The largest absolute Gasteiger partial charge is 0.489 e. The number of nitriles is 1. The van der Waals surface area contributed by atoms with E-state index in [-0.39, 0.29) is 29.3 Å². The van der Waals surface area contributed by atoms with Crippen LogP contribution in [0.4, 0.5) is 11.5 Å². The van der Waals surface area contributed by atoms with Crippen LogP contribution in [0.15, 0.2) is 24.5 Å². The van der Waals surface area contributed by atoms with Crippen LogP contribution in [0.2, 0.25) is 5.02 Å². The zero-order chi connectivity index (χ0) is 24.6. The van der Waals surface area contributed by atoms with Crippen molar-refractivity contribution < 1.29 is 19.0 Å². The second kappa shape index (κ2) is 9.51. The molecule has 3 aliphatic rings. The average Bonchev–Trinajstić information content (AvgIpc) is 3.56. The van der Waals surface area contributed by atoms with Crippen molar-refractivity contribution in [2.75, 3.05) is 38.7 Å². The molecule has 1 N–H and O–H groups in total. The maximum Gasteiger partial charge on any atom is 0.262 e. The van der Waals surface area contributed by atoms with E-state index in [1.165, 1.54) is 13.4 Å². The predicted molar refractivity (Wildman–Crippen MR) is 129 cm³/mol. The van der Waals surface area contributed by atoms with Gasteiger partial charge < -0.3 is 24.4 Å². The summed E-state index contributed by atoms with van der Waals surface area (Å²) >= 11 is 6.32. The van der Waals surface area contributed by atoms with Gasteiger partial charge in [0.05, 0.1) is 42.7 Å². The lowest BCUT2D eigenvalue weighted by Gasteiger charge is -2.46. The Morgan fingerprint density at radius 1 is 1.31 bits per heavy atom. The molecule has 2 unspecified atom stereocenters. The van der Waals surface area contributed by atoms with E-state index >= 15 is 0 Å². The normalized spacial score (nSPS) is 24.3. The number of fused-ring (bicyclic) bond motifs is 2. The molecule has 2 aliphatic heterocycles. The van der Waals surface area contributed by atoms with Crippen molar-refractivity contribution in [2.24, 2.45) is 17.3 Å². The lowest BCUT2D eigenvalue weighted by molar-refractivity contribution is -0.150. The Morgan fingerprint density at radius 2 is 2.06 bits per heavy atom. The standard InChI is InChI=1S/C25H28ClN5O4/c1-25(5-6-25)8-20(32)31-10-16-12-34-13-17(11-31)21(16)35-24-22(33-2)23(28-14-29-24)30-19-4-3-15(9-27)7-18(19)26/h3-4,7,14,16-17,21H,5-6,8,10-13H2,1-2H3,(H,28,29,30). The smallest absolute Gasteiger partial charge is 0.262 e. The number of benzene rings is 1. The summed E-state index contributed by atoms with van der Waals surface area (Å²) in [5.41, 5.74) is 1.23. The summed E-state index contributed by atoms with van der Waals surface area (Å²) in [6.45, 7) is 4.46. The number of carbonyl (C=O) groups is 1. The van der Waals surface area contributed by atoms with Gasteiger partial charge in [-0.2, -0.15) is 10.2 Å². The number of hydrogen-bond acceptors (Lipinski definition) is 8. The quantitative estimate of drug-likeness (QED) is 0.615. The monoisotopic (exact) mass is 497 g/mol. The molecule has 0 spiro atoms. The molecule has 3 fully saturated rings. The van der Waals surface area contributed by atoms with E-state index in [1.807, 2.05) is 4.90 Å². The molecule has 2 bridgehead atoms. The van der Waals surface area contributed by atoms with Gasteiger partial charge >= 0.3 is 0 Å². The molecule has 184 valence electrons. The number of ether oxygens (including phenoxy) is 3. The Hall–Kier alpha value is -3.09. The fourth-order valence-corrected chi connectivity index (χ4v) is 5.05. The van der Waals surface area contributed by atoms with Gasteiger partial charge in [-0.15, -0.1) is 0 Å². The highest BCUT2D eigenvalue weighted by atomic mass is 35.5. The summed E-state index contributed by atoms with van der Waals surface area (Å²) < 4.78 is 17.8. The van der Waals surface area contributed by atoms with Crippen LogP contribution in [-0.4, -0.2) is 60.3 Å². The minimum Gasteiger partial charge on any atom is -0.489 e. The molecule has 2 saturated heterocycles. The van der Waals surface area contributed by atoms with Gasteiger partial charge in [-0.1, -0.05) is 18.5 Å². The minimum atomic E-state index is -0.153. The molecule has 1 amide bonds. The topological polar surface area (TPSA) is 110 Å². The highest BCUT2D eigenvalue weighted by Gasteiger charge is 2.46. The van der Waals surface area contributed by atoms with Crippen molar-refractivity contribution in [1.29, 1.82) is 5.26 Å². The van der Waals surface area contributed by atoms with Crippen molar-refractivity contribution >= 4 is 29.0 Å². The first kappa shape index (κ1) is 23.6. The first-order valence-corrected chi connectivity index (χ1v) is 12.1. The summed E-state index contributed by atoms with van der Waals surface area (Å²) in [5.74, 6) is 1.39. The van der Waals surface area contributed by atoms with Crippen LogP contribution >= 0.6 is 11.6 Å². The fourth-order valence-electron chi connectivity index (χ4n) is 4.82. The third-order valence-corrected chi connectivity index (χ3v) is 7.42. The highest BCUT2D eigenvalue weighted by Crippen LogP contribution is 2.48. The summed E-state index contributed by atoms with van der Waals surface area (Å²) in [5, 5.41) is 12.6. The van der Waals surface area contributed by atoms with Crippen LogP contribution in [-0.2, 0) is 9.53 Å². The van der Waals surface area contributed by atoms with Gasteiger partial charge in [-0.05, 0) is 36.5 Å². The number of nitrogens with one attached hydrogen (secondary N) is 1. The van der Waals surface area contributed by atoms with Crippen molar-refractivity contribution in [1.82, 2.24) is 14.9 Å². The van der Waals surface area contributed by atoms with Crippen LogP contribution in [0.5, 0.6) is 11.6 Å². The number of rotatable bonds is 7. The Balaban J connectivity index is 1.33. The van der Waals surface area contributed by atoms with Gasteiger partial charge in [0.25, 0.3) is 5.88 Å². The summed E-state index contributed by atoms with van der Waals surface area (Å²) in [7, 11) is 1.53. The molecule has 1 aromatic carbocycles. The Bertz CT molecular complexity index is 1150. The Labute approximate surface area is 209 Å². The number of anilines is 2. The zero-order valence-corrected chi connectivity index (χ0v) is 20.5. The van der Waals surface area contributed by atoms with Crippen molar-refractivity contribution in [3.05, 3.63) is 35.1 Å². The Kier molecular flexibility index (Phi) is 6.43. The van der Waals surface area contributed by atoms with E-state index in [1.54, 1.807) is 18.2 Å². The molecule has 2 aromatic rings. The first-order chi connectivity index (χ1) is 16.9. The molecule has 35 heavy (non-hydrogen) atoms. The van der Waals surface area contributed by atoms with Crippen LogP contribution in [0.3, 0.4) is 0 Å². The number of nitrogens with zero attached hydrogens (tertiary/aromatic N) is 4. The molecular formula is C25H28ClN5O4. The summed E-state index contributed by atoms with van der Waals surface area (Å²) in [4.78, 5) is 23.5. The molecule has 10 heteroatoms. The van der Waals surface area contributed by atoms with Crippen LogP contribution < -0.4 is 14.8 Å². The van der Waals surface area contributed by atoms with E-state index in [2.05, 4.69) is 28.3 Å². The molecule has 5 rings (SSSR count). The number of piperidine rings is 1. The zero-order valence-electron chi connectivity index (χ0n) is 19.8. The molecule has 2 atom stereocenters. The second-order valence-corrected chi connectivity index (χ2v) is 10.3. The highest BCUT2D eigenvalue weighted by molar-refractivity contribution is 6.33. The number of likely N-dealkylation sites (tertiary alicyclic amines) is 1. The molecule has 3 heterocycles. The molecular weight excluding hydrogens is 470 g/mol. The van der Waals surface area contributed by atoms with E-state index in [0.717, 1.165) is 12.8 Å². The number of amides is 1. The van der Waals surface area contributed by atoms with Gasteiger partial charge in [-0.25, -0.2) is 4.98 Å². The SMILES string of the molecule is COc1c(Nc2ccc(C#N)cc2Cl)ncnc1OC1C2COCC1CN(C(=O)CC1(C)CC1)C2. The van der Waals surface area contributed by atoms with E-state index in [0.29, 0.717) is 66.4 Å². The number of methoxy groups -OCH3 is 1. The maximum atomic E-state index is 12.9. The molecule has 1 aromatic heterocycles. The van der Waals surface area contributed by atoms with Gasteiger partial charge in [0.2, 0.25) is 11.7 Å². The van der Waals surface area contributed by atoms with E-state index in [4.69, 9.17) is 31.1 Å². The van der Waals surface area contributed by atoms with Crippen LogP contribution in [0.1, 0.15) is 31.7 Å². The van der Waals surface area contributed by atoms with Crippen LogP contribution in [0, 0.1) is 28.6 Å². The number of halogens is 1. The third-order valence-electron chi connectivity index (χ3n) is 7.11. The number of carbonyl (C=O) groups excluding carboxylic acids is 1. The van der Waals surface area contributed by atoms with Gasteiger partial charge in [-0.3, -0.25) is 4.79 Å². The lowest BCUT2D eigenvalue weighted by atomic mass is 9.84. The van der Waals surface area contributed by atoms with Gasteiger partial charge in [0, 0.05) is 31.3 Å². The average molecular weight is 498 g/mol. The van der Waals surface area contributed by atoms with Gasteiger partial charge in [0.15, 0.2) is 5.82 Å². The third kappa shape index (κ3) is 5.00. The van der Waals surface area contributed by atoms with E-state index < -0.39 is 0 Å². The van der Waals surface area contributed by atoms with Crippen molar-refractivity contribution in [2.45, 2.75) is 32.3 Å². The fraction of sp³-hybridized carbons (Fsp3) is 0.520. The number of aromatic nitrogens is 2. The number of hydrogen-bond donors (Lipinski definition) is 1. The summed E-state index contributed by atoms with van der Waals surface area (Å²) in [6, 6.07) is 7.01. The maximum absolute atomic E-state index is 12.9. The lowest BCUT2D eigenvalue weighted by Crippen LogP contribution is -2.58. The first-order valence-electron chi connectivity index (χ1n) is 11.8. The second-order valence-electron chi connectivity index (χ2n) is 9.92. The molecule has 9 nitrogen and oxygen atoms in total. The molecule has 1 aliphatic carbocycles. The summed E-state index contributed by atoms with van der Waals surface area (Å²) in [6.07, 6.45) is 4.13.